The second-order valence-corrected chi connectivity index (χ2v) is 5.74. The van der Waals surface area contributed by atoms with E-state index in [1.54, 1.807) is 12.1 Å². The van der Waals surface area contributed by atoms with E-state index in [4.69, 9.17) is 9.90 Å². The summed E-state index contributed by atoms with van der Waals surface area (Å²) in [5, 5.41) is 25.9. The van der Waals surface area contributed by atoms with E-state index in [1.165, 1.54) is 24.3 Å². The minimum Gasteiger partial charge on any atom is -0.505 e. The van der Waals surface area contributed by atoms with Crippen molar-refractivity contribution in [2.24, 2.45) is 0 Å². The van der Waals surface area contributed by atoms with Gasteiger partial charge in [-0.2, -0.15) is 0 Å². The second kappa shape index (κ2) is 9.01. The standard InChI is InChI=1S/C17H18F2O2.C2H4O2/c1-3-13(12-5-7-17(21)15(19)9-12)10(2)11-4-6-16(20)14(18)8-11;1-2(3)4/h4-10,13,20-21H,3H2,1-2H3;1H3,(H,3,4). The van der Waals surface area contributed by atoms with Crippen LogP contribution >= 0.6 is 0 Å². The van der Waals surface area contributed by atoms with Gasteiger partial charge < -0.3 is 15.3 Å². The highest BCUT2D eigenvalue weighted by molar-refractivity contribution is 5.62. The fourth-order valence-electron chi connectivity index (χ4n) is 2.67. The molecule has 2 unspecified atom stereocenters. The van der Waals surface area contributed by atoms with Crippen LogP contribution in [0.25, 0.3) is 0 Å². The number of hydrogen-bond acceptors (Lipinski definition) is 3. The van der Waals surface area contributed by atoms with E-state index in [0.717, 1.165) is 24.5 Å². The predicted octanol–water partition coefficient (Wildman–Crippen LogP) is 4.76. The summed E-state index contributed by atoms with van der Waals surface area (Å²) in [6, 6.07) is 8.63. The van der Waals surface area contributed by atoms with Gasteiger partial charge in [0.1, 0.15) is 0 Å². The Kier molecular flexibility index (Phi) is 7.36. The number of carboxylic acids is 1. The summed E-state index contributed by atoms with van der Waals surface area (Å²) in [5.74, 6) is -2.97. The zero-order chi connectivity index (χ0) is 19.1. The van der Waals surface area contributed by atoms with Gasteiger partial charge in [0.25, 0.3) is 5.97 Å². The Balaban J connectivity index is 0.000000705. The largest absolute Gasteiger partial charge is 0.505 e. The van der Waals surface area contributed by atoms with Gasteiger partial charge in [0.05, 0.1) is 0 Å². The molecular formula is C19H22F2O4. The number of carbonyl (C=O) groups is 1. The van der Waals surface area contributed by atoms with Crippen molar-refractivity contribution in [2.45, 2.75) is 39.0 Å². The molecular weight excluding hydrogens is 330 g/mol. The molecule has 0 aromatic heterocycles. The molecule has 6 heteroatoms. The van der Waals surface area contributed by atoms with E-state index in [2.05, 4.69) is 0 Å². The normalized spacial score (nSPS) is 12.7. The number of hydrogen-bond donors (Lipinski definition) is 3. The number of aliphatic carboxylic acids is 1. The Morgan fingerprint density at radius 1 is 1.00 bits per heavy atom. The summed E-state index contributed by atoms with van der Waals surface area (Å²) in [6.45, 7) is 4.99. The fraction of sp³-hybridized carbons (Fsp3) is 0.316. The third-order valence-electron chi connectivity index (χ3n) is 3.94. The average molecular weight is 352 g/mol. The second-order valence-electron chi connectivity index (χ2n) is 5.74. The highest BCUT2D eigenvalue weighted by Gasteiger charge is 2.21. The van der Waals surface area contributed by atoms with Crippen LogP contribution in [-0.4, -0.2) is 21.3 Å². The van der Waals surface area contributed by atoms with Crippen LogP contribution in [0.4, 0.5) is 8.78 Å². The molecule has 2 aromatic carbocycles. The lowest BCUT2D eigenvalue weighted by atomic mass is 9.81. The maximum atomic E-state index is 13.5. The minimum absolute atomic E-state index is 0.0101. The lowest BCUT2D eigenvalue weighted by molar-refractivity contribution is -0.134. The summed E-state index contributed by atoms with van der Waals surface area (Å²) >= 11 is 0. The van der Waals surface area contributed by atoms with Crippen LogP contribution in [0, 0.1) is 11.6 Å². The van der Waals surface area contributed by atoms with E-state index >= 15 is 0 Å². The summed E-state index contributed by atoms with van der Waals surface area (Å²) in [4.78, 5) is 9.00. The van der Waals surface area contributed by atoms with Gasteiger partial charge in [-0.3, -0.25) is 4.79 Å². The van der Waals surface area contributed by atoms with E-state index in [9.17, 15) is 19.0 Å². The van der Waals surface area contributed by atoms with Crippen LogP contribution in [0.3, 0.4) is 0 Å². The SMILES string of the molecule is CC(=O)O.CCC(c1ccc(O)c(F)c1)C(C)c1ccc(O)c(F)c1. The molecule has 0 fully saturated rings. The highest BCUT2D eigenvalue weighted by Crippen LogP contribution is 2.37. The summed E-state index contributed by atoms with van der Waals surface area (Å²) in [5.41, 5.74) is 1.50. The van der Waals surface area contributed by atoms with Gasteiger partial charge in [-0.05, 0) is 53.6 Å². The maximum Gasteiger partial charge on any atom is 0.300 e. The molecule has 2 aromatic rings. The molecule has 0 amide bonds. The molecule has 4 nitrogen and oxygen atoms in total. The van der Waals surface area contributed by atoms with Crippen molar-refractivity contribution in [3.63, 3.8) is 0 Å². The molecule has 2 rings (SSSR count). The average Bonchev–Trinajstić information content (AvgIpc) is 2.53. The molecule has 0 heterocycles. The highest BCUT2D eigenvalue weighted by atomic mass is 19.1. The zero-order valence-corrected chi connectivity index (χ0v) is 14.3. The number of rotatable bonds is 4. The van der Waals surface area contributed by atoms with Gasteiger partial charge in [0.15, 0.2) is 23.1 Å². The maximum absolute atomic E-state index is 13.5. The molecule has 3 N–H and O–H groups in total. The van der Waals surface area contributed by atoms with Crippen LogP contribution in [0.15, 0.2) is 36.4 Å². The van der Waals surface area contributed by atoms with Gasteiger partial charge in [-0.1, -0.05) is 26.0 Å². The predicted molar refractivity (Wildman–Crippen MR) is 90.9 cm³/mol. The fourth-order valence-corrected chi connectivity index (χ4v) is 2.67. The topological polar surface area (TPSA) is 77.8 Å². The number of aromatic hydroxyl groups is 2. The van der Waals surface area contributed by atoms with Crippen molar-refractivity contribution in [2.75, 3.05) is 0 Å². The lowest BCUT2D eigenvalue weighted by Crippen LogP contribution is -2.08. The quantitative estimate of drug-likeness (QED) is 0.741. The molecule has 0 saturated heterocycles. The molecule has 2 atom stereocenters. The van der Waals surface area contributed by atoms with Gasteiger partial charge in [0, 0.05) is 6.92 Å². The molecule has 0 aliphatic carbocycles. The van der Waals surface area contributed by atoms with Crippen LogP contribution in [0.2, 0.25) is 0 Å². The number of phenolic OH excluding ortho intramolecular Hbond substituents is 2. The van der Waals surface area contributed by atoms with Crippen LogP contribution < -0.4 is 0 Å². The lowest BCUT2D eigenvalue weighted by Gasteiger charge is -2.24. The third-order valence-corrected chi connectivity index (χ3v) is 3.94. The molecule has 136 valence electrons. The molecule has 0 radical (unpaired) electrons. The molecule has 0 saturated carbocycles. The van der Waals surface area contributed by atoms with Crippen LogP contribution in [-0.2, 0) is 4.79 Å². The van der Waals surface area contributed by atoms with E-state index in [0.29, 0.717) is 0 Å². The summed E-state index contributed by atoms with van der Waals surface area (Å²) in [7, 11) is 0. The van der Waals surface area contributed by atoms with Crippen molar-refractivity contribution in [1.29, 1.82) is 0 Å². The molecule has 25 heavy (non-hydrogen) atoms. The van der Waals surface area contributed by atoms with E-state index in [-0.39, 0.29) is 23.3 Å². The number of benzene rings is 2. The first-order chi connectivity index (χ1) is 11.7. The molecule has 0 aliphatic rings. The summed E-state index contributed by atoms with van der Waals surface area (Å²) < 4.78 is 27.0. The van der Waals surface area contributed by atoms with Gasteiger partial charge in [-0.25, -0.2) is 8.78 Å². The zero-order valence-electron chi connectivity index (χ0n) is 14.3. The first-order valence-electron chi connectivity index (χ1n) is 7.83. The Hall–Kier alpha value is -2.63. The van der Waals surface area contributed by atoms with E-state index in [1.807, 2.05) is 13.8 Å². The first-order valence-corrected chi connectivity index (χ1v) is 7.83. The van der Waals surface area contributed by atoms with Crippen molar-refractivity contribution >= 4 is 5.97 Å². The number of carboxylic acid groups (broad SMARTS) is 1. The third kappa shape index (κ3) is 5.74. The van der Waals surface area contributed by atoms with E-state index < -0.39 is 17.6 Å². The van der Waals surface area contributed by atoms with Crippen molar-refractivity contribution in [1.82, 2.24) is 0 Å². The van der Waals surface area contributed by atoms with Crippen molar-refractivity contribution in [3.05, 3.63) is 59.2 Å². The van der Waals surface area contributed by atoms with Gasteiger partial charge in [-0.15, -0.1) is 0 Å². The first kappa shape index (κ1) is 20.4. The molecule has 0 spiro atoms. The van der Waals surface area contributed by atoms with Crippen LogP contribution in [0.5, 0.6) is 11.5 Å². The number of phenols is 2. The van der Waals surface area contributed by atoms with Crippen molar-refractivity contribution < 1.29 is 28.9 Å². The minimum atomic E-state index is -0.833. The Labute approximate surface area is 145 Å². The van der Waals surface area contributed by atoms with Gasteiger partial charge in [0.2, 0.25) is 0 Å². The van der Waals surface area contributed by atoms with Crippen LogP contribution in [0.1, 0.15) is 50.2 Å². The monoisotopic (exact) mass is 352 g/mol. The Morgan fingerprint density at radius 3 is 1.80 bits per heavy atom. The Morgan fingerprint density at radius 2 is 1.40 bits per heavy atom. The summed E-state index contributed by atoms with van der Waals surface area (Å²) in [6.07, 6.45) is 0.744. The van der Waals surface area contributed by atoms with Gasteiger partial charge >= 0.3 is 0 Å². The molecule has 0 aliphatic heterocycles. The smallest absolute Gasteiger partial charge is 0.300 e. The van der Waals surface area contributed by atoms with Crippen molar-refractivity contribution in [3.8, 4) is 11.5 Å². The number of halogens is 2. The Bertz CT molecular complexity index is 727. The molecule has 0 bridgehead atoms.